The Labute approximate surface area is 143 Å². The van der Waals surface area contributed by atoms with Gasteiger partial charge < -0.3 is 10.6 Å². The van der Waals surface area contributed by atoms with E-state index in [1.807, 2.05) is 24.3 Å². The van der Waals surface area contributed by atoms with Gasteiger partial charge in [-0.2, -0.15) is 10.1 Å². The number of aromatic nitrogens is 3. The molecule has 0 aliphatic heterocycles. The second-order valence-electron chi connectivity index (χ2n) is 5.14. The molecule has 0 spiro atoms. The van der Waals surface area contributed by atoms with Crippen LogP contribution in [0.25, 0.3) is 0 Å². The molecule has 0 fully saturated rings. The molecule has 1 aromatic heterocycles. The van der Waals surface area contributed by atoms with Crippen LogP contribution in [0.15, 0.2) is 59.2 Å². The second-order valence-corrected chi connectivity index (χ2v) is 6.05. The average Bonchev–Trinajstić information content (AvgIpc) is 2.57. The monoisotopic (exact) mass is 369 g/mol. The van der Waals surface area contributed by atoms with Gasteiger partial charge in [-0.3, -0.25) is 0 Å². The van der Waals surface area contributed by atoms with Crippen molar-refractivity contribution < 1.29 is 0 Å². The van der Waals surface area contributed by atoms with Crippen molar-refractivity contribution in [2.24, 2.45) is 0 Å². The van der Waals surface area contributed by atoms with Crippen molar-refractivity contribution in [3.63, 3.8) is 0 Å². The molecule has 3 aromatic rings. The predicted molar refractivity (Wildman–Crippen MR) is 95.8 cm³/mol. The molecular formula is C17H16BrN5. The van der Waals surface area contributed by atoms with Gasteiger partial charge in [-0.25, -0.2) is 0 Å². The first-order valence-corrected chi connectivity index (χ1v) is 8.00. The fourth-order valence-corrected chi connectivity index (χ4v) is 2.27. The summed E-state index contributed by atoms with van der Waals surface area (Å²) in [4.78, 5) is 4.42. The number of hydrogen-bond acceptors (Lipinski definition) is 5. The van der Waals surface area contributed by atoms with Crippen molar-refractivity contribution in [2.45, 2.75) is 13.5 Å². The lowest BCUT2D eigenvalue weighted by molar-refractivity contribution is 0.966. The van der Waals surface area contributed by atoms with Crippen LogP contribution in [0.2, 0.25) is 0 Å². The number of aryl methyl sites for hydroxylation is 1. The molecule has 2 aromatic carbocycles. The Kier molecular flexibility index (Phi) is 4.83. The highest BCUT2D eigenvalue weighted by Crippen LogP contribution is 2.17. The van der Waals surface area contributed by atoms with Gasteiger partial charge in [0, 0.05) is 16.7 Å². The lowest BCUT2D eigenvalue weighted by atomic mass is 10.1. The van der Waals surface area contributed by atoms with Crippen LogP contribution in [0.5, 0.6) is 0 Å². The number of anilines is 3. The summed E-state index contributed by atoms with van der Waals surface area (Å²) in [6, 6.07) is 16.2. The second kappa shape index (κ2) is 7.19. The van der Waals surface area contributed by atoms with Crippen LogP contribution in [0, 0.1) is 6.92 Å². The fraction of sp³-hybridized carbons (Fsp3) is 0.118. The molecule has 0 saturated carbocycles. The third kappa shape index (κ3) is 4.50. The van der Waals surface area contributed by atoms with E-state index in [1.54, 1.807) is 6.20 Å². The van der Waals surface area contributed by atoms with Gasteiger partial charge in [0.2, 0.25) is 5.95 Å². The number of benzene rings is 2. The Balaban J connectivity index is 1.65. The topological polar surface area (TPSA) is 62.7 Å². The number of halogens is 1. The first kappa shape index (κ1) is 15.4. The SMILES string of the molecule is Cc1ccc(CNc2cnnc(Nc3ccc(Br)cc3)n2)cc1. The highest BCUT2D eigenvalue weighted by atomic mass is 79.9. The van der Waals surface area contributed by atoms with Crippen molar-refractivity contribution in [1.29, 1.82) is 0 Å². The maximum Gasteiger partial charge on any atom is 0.249 e. The number of nitrogens with one attached hydrogen (secondary N) is 2. The van der Waals surface area contributed by atoms with Gasteiger partial charge in [0.1, 0.15) is 0 Å². The zero-order valence-electron chi connectivity index (χ0n) is 12.6. The van der Waals surface area contributed by atoms with Crippen LogP contribution in [-0.2, 0) is 6.54 Å². The normalized spacial score (nSPS) is 10.3. The Morgan fingerprint density at radius 3 is 2.48 bits per heavy atom. The van der Waals surface area contributed by atoms with Crippen LogP contribution in [0.3, 0.4) is 0 Å². The molecule has 0 unspecified atom stereocenters. The minimum Gasteiger partial charge on any atom is -0.365 e. The van der Waals surface area contributed by atoms with E-state index in [2.05, 4.69) is 72.9 Å². The summed E-state index contributed by atoms with van der Waals surface area (Å²) in [7, 11) is 0. The number of nitrogens with zero attached hydrogens (tertiary/aromatic N) is 3. The summed E-state index contributed by atoms with van der Waals surface area (Å²) in [6.07, 6.45) is 1.61. The summed E-state index contributed by atoms with van der Waals surface area (Å²) in [5.41, 5.74) is 3.35. The van der Waals surface area contributed by atoms with Gasteiger partial charge in [0.05, 0.1) is 6.20 Å². The molecule has 3 rings (SSSR count). The summed E-state index contributed by atoms with van der Waals surface area (Å²) in [6.45, 7) is 2.77. The van der Waals surface area contributed by atoms with Crippen LogP contribution in [0.1, 0.15) is 11.1 Å². The Morgan fingerprint density at radius 1 is 1.00 bits per heavy atom. The van der Waals surface area contributed by atoms with E-state index in [4.69, 9.17) is 0 Å². The third-order valence-electron chi connectivity index (χ3n) is 3.25. The Bertz CT molecular complexity index is 772. The molecule has 0 aliphatic rings. The van der Waals surface area contributed by atoms with Gasteiger partial charge in [-0.05, 0) is 36.8 Å². The molecular weight excluding hydrogens is 354 g/mol. The minimum absolute atomic E-state index is 0.459. The number of rotatable bonds is 5. The van der Waals surface area contributed by atoms with Gasteiger partial charge in [0.15, 0.2) is 5.82 Å². The molecule has 23 heavy (non-hydrogen) atoms. The predicted octanol–water partition coefficient (Wildman–Crippen LogP) is 4.30. The molecule has 0 saturated heterocycles. The molecule has 0 amide bonds. The van der Waals surface area contributed by atoms with Crippen molar-refractivity contribution in [2.75, 3.05) is 10.6 Å². The molecule has 116 valence electrons. The lowest BCUT2D eigenvalue weighted by Crippen LogP contribution is -2.05. The summed E-state index contributed by atoms with van der Waals surface area (Å²) < 4.78 is 1.02. The quantitative estimate of drug-likeness (QED) is 0.701. The van der Waals surface area contributed by atoms with Gasteiger partial charge in [-0.1, -0.05) is 45.8 Å². The molecule has 0 aliphatic carbocycles. The van der Waals surface area contributed by atoms with Gasteiger partial charge in [0.25, 0.3) is 0 Å². The highest BCUT2D eigenvalue weighted by Gasteiger charge is 2.02. The molecule has 0 radical (unpaired) electrons. The molecule has 0 atom stereocenters. The molecule has 6 heteroatoms. The van der Waals surface area contributed by atoms with E-state index in [9.17, 15) is 0 Å². The zero-order chi connectivity index (χ0) is 16.1. The molecule has 2 N–H and O–H groups in total. The van der Waals surface area contributed by atoms with E-state index in [0.29, 0.717) is 18.3 Å². The van der Waals surface area contributed by atoms with Crippen molar-refractivity contribution in [1.82, 2.24) is 15.2 Å². The maximum absolute atomic E-state index is 4.42. The van der Waals surface area contributed by atoms with Crippen molar-refractivity contribution in [3.8, 4) is 0 Å². The van der Waals surface area contributed by atoms with Crippen LogP contribution >= 0.6 is 15.9 Å². The fourth-order valence-electron chi connectivity index (χ4n) is 2.00. The van der Waals surface area contributed by atoms with Crippen LogP contribution in [0.4, 0.5) is 17.5 Å². The first-order valence-electron chi connectivity index (χ1n) is 7.21. The van der Waals surface area contributed by atoms with Gasteiger partial charge in [-0.15, -0.1) is 5.10 Å². The maximum atomic E-state index is 4.42. The Hall–Kier alpha value is -2.47. The van der Waals surface area contributed by atoms with E-state index < -0.39 is 0 Å². The van der Waals surface area contributed by atoms with Crippen molar-refractivity contribution >= 4 is 33.4 Å². The minimum atomic E-state index is 0.459. The smallest absolute Gasteiger partial charge is 0.249 e. The zero-order valence-corrected chi connectivity index (χ0v) is 14.2. The van der Waals surface area contributed by atoms with Crippen molar-refractivity contribution in [3.05, 3.63) is 70.3 Å². The third-order valence-corrected chi connectivity index (χ3v) is 3.78. The van der Waals surface area contributed by atoms with Crippen LogP contribution in [-0.4, -0.2) is 15.2 Å². The first-order chi connectivity index (χ1) is 11.2. The van der Waals surface area contributed by atoms with E-state index in [1.165, 1.54) is 11.1 Å². The van der Waals surface area contributed by atoms with E-state index in [0.717, 1.165) is 10.2 Å². The largest absolute Gasteiger partial charge is 0.365 e. The molecule has 5 nitrogen and oxygen atoms in total. The molecule has 0 bridgehead atoms. The average molecular weight is 370 g/mol. The van der Waals surface area contributed by atoms with E-state index >= 15 is 0 Å². The summed E-state index contributed by atoms with van der Waals surface area (Å²) >= 11 is 3.41. The summed E-state index contributed by atoms with van der Waals surface area (Å²) in [5, 5.41) is 14.4. The lowest BCUT2D eigenvalue weighted by Gasteiger charge is -2.08. The summed E-state index contributed by atoms with van der Waals surface area (Å²) in [5.74, 6) is 1.14. The molecule has 1 heterocycles. The van der Waals surface area contributed by atoms with E-state index in [-0.39, 0.29) is 0 Å². The highest BCUT2D eigenvalue weighted by molar-refractivity contribution is 9.10. The standard InChI is InChI=1S/C17H16BrN5/c1-12-2-4-13(5-3-12)10-19-16-11-20-23-17(22-16)21-15-8-6-14(18)7-9-15/h2-9,11H,10H2,1H3,(H2,19,21,22,23). The Morgan fingerprint density at radius 2 is 1.74 bits per heavy atom. The number of hydrogen-bond donors (Lipinski definition) is 2. The van der Waals surface area contributed by atoms with Crippen LogP contribution < -0.4 is 10.6 Å². The van der Waals surface area contributed by atoms with Gasteiger partial charge >= 0.3 is 0 Å².